The van der Waals surface area contributed by atoms with Crippen molar-refractivity contribution in [1.29, 1.82) is 0 Å². The summed E-state index contributed by atoms with van der Waals surface area (Å²) in [6, 6.07) is 4.33. The van der Waals surface area contributed by atoms with Crippen molar-refractivity contribution in [3.8, 4) is 0 Å². The number of aromatic nitrogens is 1. The molecule has 0 fully saturated rings. The summed E-state index contributed by atoms with van der Waals surface area (Å²) in [5.41, 5.74) is 6.64. The van der Waals surface area contributed by atoms with E-state index in [-0.39, 0.29) is 0 Å². The minimum absolute atomic E-state index is 0.500. The van der Waals surface area contributed by atoms with Gasteiger partial charge >= 0.3 is 0 Å². The van der Waals surface area contributed by atoms with Gasteiger partial charge < -0.3 is 10.6 Å². The van der Waals surface area contributed by atoms with Gasteiger partial charge in [0.05, 0.1) is 11.9 Å². The molecule has 0 aliphatic heterocycles. The second kappa shape index (κ2) is 4.31. The summed E-state index contributed by atoms with van der Waals surface area (Å²) < 4.78 is 0. The average Bonchev–Trinajstić information content (AvgIpc) is 2.16. The molecule has 0 amide bonds. The zero-order valence-electron chi connectivity index (χ0n) is 9.36. The van der Waals surface area contributed by atoms with Crippen molar-refractivity contribution >= 4 is 11.5 Å². The molecule has 1 aromatic rings. The summed E-state index contributed by atoms with van der Waals surface area (Å²) in [6.45, 7) is 6.64. The van der Waals surface area contributed by atoms with Gasteiger partial charge in [-0.05, 0) is 25.0 Å². The second-order valence-corrected chi connectivity index (χ2v) is 4.04. The van der Waals surface area contributed by atoms with Gasteiger partial charge in [-0.2, -0.15) is 0 Å². The lowest BCUT2D eigenvalue weighted by Gasteiger charge is -2.29. The van der Waals surface area contributed by atoms with E-state index in [4.69, 9.17) is 5.73 Å². The van der Waals surface area contributed by atoms with Gasteiger partial charge in [0.25, 0.3) is 0 Å². The Bertz CT molecular complexity index is 279. The van der Waals surface area contributed by atoms with E-state index in [1.54, 1.807) is 0 Å². The van der Waals surface area contributed by atoms with Crippen LogP contribution in [0.3, 0.4) is 0 Å². The minimum Gasteiger partial charge on any atom is -0.384 e. The van der Waals surface area contributed by atoms with Crippen LogP contribution in [0.2, 0.25) is 0 Å². The van der Waals surface area contributed by atoms with Gasteiger partial charge in [0.15, 0.2) is 0 Å². The molecular formula is C11H19N3. The molecule has 1 aromatic heterocycles. The zero-order valence-corrected chi connectivity index (χ0v) is 9.36. The fourth-order valence-electron chi connectivity index (χ4n) is 1.29. The Balaban J connectivity index is 2.78. The number of rotatable bonds is 3. The molecule has 3 nitrogen and oxygen atoms in total. The molecule has 0 aromatic carbocycles. The van der Waals surface area contributed by atoms with Gasteiger partial charge in [-0.3, -0.25) is 0 Å². The number of hydrogen-bond acceptors (Lipinski definition) is 3. The van der Waals surface area contributed by atoms with Crippen LogP contribution in [0.5, 0.6) is 0 Å². The fourth-order valence-corrected chi connectivity index (χ4v) is 1.29. The van der Waals surface area contributed by atoms with Crippen LogP contribution >= 0.6 is 0 Å². The monoisotopic (exact) mass is 193 g/mol. The molecule has 2 N–H and O–H groups in total. The first kappa shape index (κ1) is 10.8. The fraction of sp³-hybridized carbons (Fsp3) is 0.545. The third kappa shape index (κ3) is 2.37. The van der Waals surface area contributed by atoms with Crippen LogP contribution in [0.1, 0.15) is 20.8 Å². The Morgan fingerprint density at radius 2 is 1.93 bits per heavy atom. The Morgan fingerprint density at radius 1 is 1.29 bits per heavy atom. The SMILES string of the molecule is CC(C)C(C)N(C)c1ccc(N)nc1. The van der Waals surface area contributed by atoms with E-state index < -0.39 is 0 Å². The molecule has 1 heterocycles. The van der Waals surface area contributed by atoms with Gasteiger partial charge in [-0.25, -0.2) is 4.98 Å². The van der Waals surface area contributed by atoms with Crippen molar-refractivity contribution in [2.45, 2.75) is 26.8 Å². The van der Waals surface area contributed by atoms with Gasteiger partial charge in [-0.15, -0.1) is 0 Å². The van der Waals surface area contributed by atoms with Crippen molar-refractivity contribution in [3.63, 3.8) is 0 Å². The topological polar surface area (TPSA) is 42.1 Å². The molecule has 78 valence electrons. The van der Waals surface area contributed by atoms with E-state index in [1.807, 2.05) is 18.3 Å². The maximum atomic E-state index is 5.53. The van der Waals surface area contributed by atoms with Crippen molar-refractivity contribution in [2.75, 3.05) is 17.7 Å². The van der Waals surface area contributed by atoms with Crippen molar-refractivity contribution in [3.05, 3.63) is 18.3 Å². The maximum absolute atomic E-state index is 5.53. The standard InChI is InChI=1S/C11H19N3/c1-8(2)9(3)14(4)10-5-6-11(12)13-7-10/h5-9H,1-4H3,(H2,12,13). The number of hydrogen-bond donors (Lipinski definition) is 1. The third-order valence-electron chi connectivity index (χ3n) is 2.75. The van der Waals surface area contributed by atoms with Gasteiger partial charge in [0.1, 0.15) is 5.82 Å². The Kier molecular flexibility index (Phi) is 3.33. The molecule has 1 unspecified atom stereocenters. The average molecular weight is 193 g/mol. The number of anilines is 2. The van der Waals surface area contributed by atoms with Crippen molar-refractivity contribution < 1.29 is 0 Å². The van der Waals surface area contributed by atoms with E-state index in [9.17, 15) is 0 Å². The molecule has 0 radical (unpaired) electrons. The summed E-state index contributed by atoms with van der Waals surface area (Å²) >= 11 is 0. The third-order valence-corrected chi connectivity index (χ3v) is 2.75. The molecular weight excluding hydrogens is 174 g/mol. The van der Waals surface area contributed by atoms with Crippen LogP contribution < -0.4 is 10.6 Å². The summed E-state index contributed by atoms with van der Waals surface area (Å²) in [4.78, 5) is 6.30. The number of nitrogens with two attached hydrogens (primary N) is 1. The normalized spacial score (nSPS) is 12.9. The molecule has 0 saturated carbocycles. The highest BCUT2D eigenvalue weighted by atomic mass is 15.1. The molecule has 0 spiro atoms. The molecule has 0 saturated heterocycles. The van der Waals surface area contributed by atoms with Gasteiger partial charge in [0, 0.05) is 13.1 Å². The molecule has 0 aliphatic rings. The molecule has 0 aliphatic carbocycles. The van der Waals surface area contributed by atoms with Gasteiger partial charge in [-0.1, -0.05) is 13.8 Å². The number of pyridine rings is 1. The lowest BCUT2D eigenvalue weighted by atomic mass is 10.1. The highest BCUT2D eigenvalue weighted by molar-refractivity contribution is 5.48. The Labute approximate surface area is 85.9 Å². The minimum atomic E-state index is 0.500. The predicted molar refractivity (Wildman–Crippen MR) is 61.4 cm³/mol. The van der Waals surface area contributed by atoms with E-state index in [2.05, 4.69) is 37.7 Å². The van der Waals surface area contributed by atoms with E-state index in [1.165, 1.54) is 0 Å². The summed E-state index contributed by atoms with van der Waals surface area (Å²) in [6.07, 6.45) is 1.81. The summed E-state index contributed by atoms with van der Waals surface area (Å²) in [7, 11) is 2.08. The van der Waals surface area contributed by atoms with E-state index in [0.717, 1.165) is 5.69 Å². The van der Waals surface area contributed by atoms with Crippen LogP contribution in [-0.4, -0.2) is 18.1 Å². The molecule has 1 rings (SSSR count). The van der Waals surface area contributed by atoms with E-state index >= 15 is 0 Å². The second-order valence-electron chi connectivity index (χ2n) is 4.04. The quantitative estimate of drug-likeness (QED) is 0.799. The number of nitrogens with zero attached hydrogens (tertiary/aromatic N) is 2. The summed E-state index contributed by atoms with van der Waals surface area (Å²) in [5, 5.41) is 0. The molecule has 0 bridgehead atoms. The smallest absolute Gasteiger partial charge is 0.123 e. The molecule has 1 atom stereocenters. The molecule has 14 heavy (non-hydrogen) atoms. The van der Waals surface area contributed by atoms with Crippen molar-refractivity contribution in [1.82, 2.24) is 4.98 Å². The van der Waals surface area contributed by atoms with Crippen LogP contribution in [-0.2, 0) is 0 Å². The van der Waals surface area contributed by atoms with Crippen LogP contribution in [0.15, 0.2) is 18.3 Å². The maximum Gasteiger partial charge on any atom is 0.123 e. The van der Waals surface area contributed by atoms with Crippen LogP contribution in [0, 0.1) is 5.92 Å². The Morgan fingerprint density at radius 3 is 2.36 bits per heavy atom. The van der Waals surface area contributed by atoms with Crippen molar-refractivity contribution in [2.24, 2.45) is 5.92 Å². The highest BCUT2D eigenvalue weighted by Crippen LogP contribution is 2.18. The van der Waals surface area contributed by atoms with Crippen LogP contribution in [0.4, 0.5) is 11.5 Å². The first-order valence-electron chi connectivity index (χ1n) is 4.96. The Hall–Kier alpha value is -1.25. The van der Waals surface area contributed by atoms with Crippen LogP contribution in [0.25, 0.3) is 0 Å². The van der Waals surface area contributed by atoms with E-state index in [0.29, 0.717) is 17.8 Å². The predicted octanol–water partition coefficient (Wildman–Crippen LogP) is 2.14. The zero-order chi connectivity index (χ0) is 10.7. The largest absolute Gasteiger partial charge is 0.384 e. The summed E-state index contributed by atoms with van der Waals surface area (Å²) in [5.74, 6) is 1.19. The molecule has 3 heteroatoms. The first-order chi connectivity index (χ1) is 6.52. The van der Waals surface area contributed by atoms with Gasteiger partial charge in [0.2, 0.25) is 0 Å². The highest BCUT2D eigenvalue weighted by Gasteiger charge is 2.13. The first-order valence-corrected chi connectivity index (χ1v) is 4.96. The lowest BCUT2D eigenvalue weighted by molar-refractivity contribution is 0.505. The number of nitrogen functional groups attached to an aromatic ring is 1. The lowest BCUT2D eigenvalue weighted by Crippen LogP contribution is -2.33.